The molecule has 0 spiro atoms. The van der Waals surface area contributed by atoms with Crippen molar-refractivity contribution in [1.29, 1.82) is 5.26 Å². The van der Waals surface area contributed by atoms with Gasteiger partial charge in [-0.2, -0.15) is 10.4 Å². The second-order valence-electron chi connectivity index (χ2n) is 5.01. The molecule has 1 aromatic heterocycles. The minimum absolute atomic E-state index is 0.317. The van der Waals surface area contributed by atoms with Crippen molar-refractivity contribution < 1.29 is 9.53 Å². The molecule has 0 saturated carbocycles. The number of ether oxygens (including phenoxy) is 1. The molecular formula is C18H14N4O2. The topological polar surface area (TPSA) is 90.8 Å². The van der Waals surface area contributed by atoms with E-state index in [0.29, 0.717) is 28.4 Å². The molecule has 1 heterocycles. The number of rotatable bonds is 4. The van der Waals surface area contributed by atoms with Crippen molar-refractivity contribution in [1.82, 2.24) is 10.2 Å². The maximum absolute atomic E-state index is 12.3. The Bertz CT molecular complexity index is 925. The Kier molecular flexibility index (Phi) is 4.25. The molecule has 0 saturated heterocycles. The van der Waals surface area contributed by atoms with Crippen molar-refractivity contribution in [3.05, 3.63) is 65.7 Å². The van der Waals surface area contributed by atoms with Gasteiger partial charge in [0.25, 0.3) is 5.91 Å². The largest absolute Gasteiger partial charge is 0.496 e. The van der Waals surface area contributed by atoms with Crippen molar-refractivity contribution >= 4 is 11.7 Å². The van der Waals surface area contributed by atoms with Gasteiger partial charge >= 0.3 is 0 Å². The summed E-state index contributed by atoms with van der Waals surface area (Å²) >= 11 is 0. The first-order chi connectivity index (χ1) is 11.7. The minimum Gasteiger partial charge on any atom is -0.496 e. The van der Waals surface area contributed by atoms with Gasteiger partial charge in [0.2, 0.25) is 0 Å². The van der Waals surface area contributed by atoms with Crippen molar-refractivity contribution in [3.8, 4) is 23.1 Å². The lowest BCUT2D eigenvalue weighted by Crippen LogP contribution is -2.12. The van der Waals surface area contributed by atoms with Crippen LogP contribution >= 0.6 is 0 Å². The van der Waals surface area contributed by atoms with Crippen LogP contribution in [0.3, 0.4) is 0 Å². The Morgan fingerprint density at radius 1 is 1.21 bits per heavy atom. The number of methoxy groups -OCH3 is 1. The molecule has 6 nitrogen and oxygen atoms in total. The number of hydrogen-bond donors (Lipinski definition) is 2. The van der Waals surface area contributed by atoms with Gasteiger partial charge in [-0.05, 0) is 30.3 Å². The van der Waals surface area contributed by atoms with E-state index >= 15 is 0 Å². The summed E-state index contributed by atoms with van der Waals surface area (Å²) in [6, 6.07) is 17.7. The second-order valence-corrected chi connectivity index (χ2v) is 5.01. The van der Waals surface area contributed by atoms with Gasteiger partial charge < -0.3 is 10.1 Å². The molecular weight excluding hydrogens is 304 g/mol. The Balaban J connectivity index is 1.81. The molecule has 6 heteroatoms. The first kappa shape index (κ1) is 15.3. The van der Waals surface area contributed by atoms with Crippen molar-refractivity contribution in [2.75, 3.05) is 12.4 Å². The molecule has 0 atom stereocenters. The van der Waals surface area contributed by atoms with Crippen LogP contribution in [0.2, 0.25) is 0 Å². The fourth-order valence-corrected chi connectivity index (χ4v) is 2.30. The van der Waals surface area contributed by atoms with E-state index in [1.165, 1.54) is 6.07 Å². The highest BCUT2D eigenvalue weighted by Gasteiger charge is 2.12. The predicted octanol–water partition coefficient (Wildman–Crippen LogP) is 3.21. The minimum atomic E-state index is -0.317. The van der Waals surface area contributed by atoms with Crippen molar-refractivity contribution in [2.45, 2.75) is 0 Å². The van der Waals surface area contributed by atoms with Gasteiger partial charge in [0.05, 0.1) is 24.4 Å². The Labute approximate surface area is 138 Å². The predicted molar refractivity (Wildman–Crippen MR) is 89.7 cm³/mol. The monoisotopic (exact) mass is 318 g/mol. The number of carbonyl (C=O) groups is 1. The van der Waals surface area contributed by atoms with Gasteiger partial charge in [-0.25, -0.2) is 0 Å². The summed E-state index contributed by atoms with van der Waals surface area (Å²) in [5.74, 6) is 0.842. The van der Waals surface area contributed by atoms with Gasteiger partial charge in [0.1, 0.15) is 11.6 Å². The van der Waals surface area contributed by atoms with E-state index in [9.17, 15) is 4.79 Å². The first-order valence-corrected chi connectivity index (χ1v) is 7.21. The fraction of sp³-hybridized carbons (Fsp3) is 0.0556. The summed E-state index contributed by atoms with van der Waals surface area (Å²) in [5.41, 5.74) is 2.32. The van der Waals surface area contributed by atoms with Crippen LogP contribution in [0.25, 0.3) is 11.3 Å². The highest BCUT2D eigenvalue weighted by molar-refractivity contribution is 6.04. The summed E-state index contributed by atoms with van der Waals surface area (Å²) in [7, 11) is 1.59. The number of H-pyrrole nitrogens is 1. The van der Waals surface area contributed by atoms with Crippen LogP contribution in [0, 0.1) is 11.3 Å². The van der Waals surface area contributed by atoms with E-state index in [0.717, 1.165) is 5.56 Å². The Morgan fingerprint density at radius 3 is 2.83 bits per heavy atom. The number of hydrogen-bond acceptors (Lipinski definition) is 4. The number of carbonyl (C=O) groups excluding carboxylic acids is 1. The normalized spacial score (nSPS) is 10.0. The summed E-state index contributed by atoms with van der Waals surface area (Å²) in [6.45, 7) is 0. The molecule has 3 rings (SSSR count). The van der Waals surface area contributed by atoms with Gasteiger partial charge in [-0.15, -0.1) is 0 Å². The lowest BCUT2D eigenvalue weighted by Gasteiger charge is -2.04. The van der Waals surface area contributed by atoms with Crippen LogP contribution in [0.5, 0.6) is 5.75 Å². The standard InChI is InChI=1S/C18H14N4O2/c1-24-16-8-3-2-7-14(16)15-10-17(22-21-15)20-18(23)13-6-4-5-12(9-13)11-19/h2-10H,1H3,(H2,20,21,22,23). The van der Waals surface area contributed by atoms with Crippen LogP contribution < -0.4 is 10.1 Å². The van der Waals surface area contributed by atoms with E-state index in [1.807, 2.05) is 30.3 Å². The third-order valence-electron chi connectivity index (χ3n) is 3.46. The molecule has 2 aromatic carbocycles. The molecule has 1 amide bonds. The molecule has 0 aliphatic carbocycles. The molecule has 0 bridgehead atoms. The maximum atomic E-state index is 12.3. The van der Waals surface area contributed by atoms with Gasteiger partial charge in [-0.1, -0.05) is 18.2 Å². The molecule has 24 heavy (non-hydrogen) atoms. The third kappa shape index (κ3) is 3.10. The van der Waals surface area contributed by atoms with E-state index < -0.39 is 0 Å². The van der Waals surface area contributed by atoms with Crippen LogP contribution in [0.4, 0.5) is 5.82 Å². The van der Waals surface area contributed by atoms with Gasteiger partial charge in [-0.3, -0.25) is 9.89 Å². The third-order valence-corrected chi connectivity index (χ3v) is 3.46. The number of anilines is 1. The lowest BCUT2D eigenvalue weighted by atomic mass is 10.1. The van der Waals surface area contributed by atoms with E-state index in [4.69, 9.17) is 10.00 Å². The number of para-hydroxylation sites is 1. The molecule has 0 unspecified atom stereocenters. The maximum Gasteiger partial charge on any atom is 0.256 e. The number of amides is 1. The number of nitriles is 1. The zero-order valence-corrected chi connectivity index (χ0v) is 12.9. The van der Waals surface area contributed by atoms with Crippen LogP contribution in [0.15, 0.2) is 54.6 Å². The average Bonchev–Trinajstić information content (AvgIpc) is 3.10. The number of benzene rings is 2. The number of nitrogens with zero attached hydrogens (tertiary/aromatic N) is 2. The van der Waals surface area contributed by atoms with Crippen molar-refractivity contribution in [2.24, 2.45) is 0 Å². The molecule has 3 aromatic rings. The van der Waals surface area contributed by atoms with Crippen LogP contribution in [-0.2, 0) is 0 Å². The highest BCUT2D eigenvalue weighted by Crippen LogP contribution is 2.29. The van der Waals surface area contributed by atoms with Crippen molar-refractivity contribution in [3.63, 3.8) is 0 Å². The summed E-state index contributed by atoms with van der Waals surface area (Å²) in [6.07, 6.45) is 0. The van der Waals surface area contributed by atoms with Gasteiger partial charge in [0.15, 0.2) is 0 Å². The van der Waals surface area contributed by atoms with E-state index in [2.05, 4.69) is 15.5 Å². The molecule has 2 N–H and O–H groups in total. The van der Waals surface area contributed by atoms with E-state index in [1.54, 1.807) is 31.4 Å². The average molecular weight is 318 g/mol. The molecule has 118 valence electrons. The molecule has 0 aliphatic heterocycles. The Morgan fingerprint density at radius 2 is 2.04 bits per heavy atom. The number of aromatic amines is 1. The van der Waals surface area contributed by atoms with E-state index in [-0.39, 0.29) is 5.91 Å². The molecule has 0 aliphatic rings. The van der Waals surface area contributed by atoms with Crippen LogP contribution in [-0.4, -0.2) is 23.2 Å². The summed E-state index contributed by atoms with van der Waals surface area (Å²) in [5, 5.41) is 18.6. The molecule has 0 radical (unpaired) electrons. The zero-order chi connectivity index (χ0) is 16.9. The number of aromatic nitrogens is 2. The summed E-state index contributed by atoms with van der Waals surface area (Å²) < 4.78 is 5.31. The quantitative estimate of drug-likeness (QED) is 0.773. The lowest BCUT2D eigenvalue weighted by molar-refractivity contribution is 0.102. The second kappa shape index (κ2) is 6.67. The molecule has 0 fully saturated rings. The number of nitrogens with one attached hydrogen (secondary N) is 2. The van der Waals surface area contributed by atoms with Gasteiger partial charge in [0, 0.05) is 17.2 Å². The SMILES string of the molecule is COc1ccccc1-c1cc(NC(=O)c2cccc(C#N)c2)[nH]n1. The first-order valence-electron chi connectivity index (χ1n) is 7.21. The Hall–Kier alpha value is -3.59. The fourth-order valence-electron chi connectivity index (χ4n) is 2.30. The summed E-state index contributed by atoms with van der Waals surface area (Å²) in [4.78, 5) is 12.3. The zero-order valence-electron chi connectivity index (χ0n) is 12.9. The smallest absolute Gasteiger partial charge is 0.256 e. The highest BCUT2D eigenvalue weighted by atomic mass is 16.5. The van der Waals surface area contributed by atoms with Crippen LogP contribution in [0.1, 0.15) is 15.9 Å².